The largest absolute Gasteiger partial charge is 0.320 e. The van der Waals surface area contributed by atoms with Crippen LogP contribution in [0.15, 0.2) is 53.0 Å². The fourth-order valence-corrected chi connectivity index (χ4v) is 2.19. The summed E-state index contributed by atoms with van der Waals surface area (Å²) in [5.41, 5.74) is 1.18. The number of carbonyl (C=O) groups is 1. The third-order valence-electron chi connectivity index (χ3n) is 2.24. The predicted octanol–water partition coefficient (Wildman–Crippen LogP) is 4.35. The summed E-state index contributed by atoms with van der Waals surface area (Å²) in [6.07, 6.45) is 0. The van der Waals surface area contributed by atoms with Crippen LogP contribution in [-0.4, -0.2) is 5.91 Å². The highest BCUT2D eigenvalue weighted by Gasteiger charge is 2.10. The summed E-state index contributed by atoms with van der Waals surface area (Å²) in [4.78, 5) is 11.9. The van der Waals surface area contributed by atoms with E-state index in [1.54, 1.807) is 18.2 Å². The topological polar surface area (TPSA) is 29.1 Å². The average molecular weight is 311 g/mol. The zero-order valence-corrected chi connectivity index (χ0v) is 11.1. The van der Waals surface area contributed by atoms with Crippen LogP contribution in [0.25, 0.3) is 0 Å². The maximum Gasteiger partial charge on any atom is 0.255 e. The van der Waals surface area contributed by atoms with Gasteiger partial charge in [-0.2, -0.15) is 0 Å². The Balaban J connectivity index is 2.25. The molecule has 0 saturated carbocycles. The van der Waals surface area contributed by atoms with Crippen molar-refractivity contribution in [3.05, 3.63) is 63.6 Å². The van der Waals surface area contributed by atoms with E-state index in [1.165, 1.54) is 0 Å². The maximum atomic E-state index is 11.9. The molecule has 0 fully saturated rings. The van der Waals surface area contributed by atoms with E-state index in [9.17, 15) is 4.79 Å². The summed E-state index contributed by atoms with van der Waals surface area (Å²) in [6.45, 7) is 0. The van der Waals surface area contributed by atoms with Crippen molar-refractivity contribution in [1.29, 1.82) is 0 Å². The van der Waals surface area contributed by atoms with Crippen molar-refractivity contribution < 1.29 is 4.79 Å². The van der Waals surface area contributed by atoms with Gasteiger partial charge in [0.15, 0.2) is 0 Å². The van der Waals surface area contributed by atoms with E-state index in [0.29, 0.717) is 16.3 Å². The number of nitrogens with one attached hydrogen (secondary N) is 1. The van der Waals surface area contributed by atoms with Crippen molar-refractivity contribution >= 4 is 39.1 Å². The molecule has 0 aromatic heterocycles. The second-order valence-corrected chi connectivity index (χ2v) is 4.68. The first-order chi connectivity index (χ1) is 8.18. The molecular weight excluding hydrogens is 302 g/mol. The van der Waals surface area contributed by atoms with Crippen molar-refractivity contribution in [2.24, 2.45) is 0 Å². The van der Waals surface area contributed by atoms with E-state index in [-0.39, 0.29) is 5.91 Å². The number of benzene rings is 2. The highest BCUT2D eigenvalue weighted by Crippen LogP contribution is 2.30. The first kappa shape index (κ1) is 12.1. The van der Waals surface area contributed by atoms with Crippen LogP contribution in [-0.2, 0) is 0 Å². The Hall–Kier alpha value is -1.32. The second kappa shape index (κ2) is 5.34. The quantitative estimate of drug-likeness (QED) is 0.877. The van der Waals surface area contributed by atoms with Gasteiger partial charge in [0.05, 0.1) is 10.7 Å². The molecule has 0 spiro atoms. The van der Waals surface area contributed by atoms with E-state index >= 15 is 0 Å². The highest BCUT2D eigenvalue weighted by atomic mass is 79.9. The molecule has 2 aromatic rings. The lowest BCUT2D eigenvalue weighted by Crippen LogP contribution is -2.12. The summed E-state index contributed by atoms with van der Waals surface area (Å²) >= 11 is 9.37. The molecule has 0 unspecified atom stereocenters. The molecule has 2 nitrogen and oxygen atoms in total. The first-order valence-electron chi connectivity index (χ1n) is 4.99. The minimum atomic E-state index is -0.181. The van der Waals surface area contributed by atoms with Gasteiger partial charge in [-0.25, -0.2) is 0 Å². The van der Waals surface area contributed by atoms with Crippen LogP contribution in [0.5, 0.6) is 0 Å². The SMILES string of the molecule is O=C(Nc1c(Cl)cccc1Br)c1ccccc1. The van der Waals surface area contributed by atoms with Gasteiger partial charge in [0.1, 0.15) is 0 Å². The molecule has 0 saturated heterocycles. The Morgan fingerprint density at radius 1 is 1.06 bits per heavy atom. The van der Waals surface area contributed by atoms with E-state index in [0.717, 1.165) is 4.47 Å². The molecule has 0 aliphatic carbocycles. The van der Waals surface area contributed by atoms with Crippen molar-refractivity contribution in [3.63, 3.8) is 0 Å². The fraction of sp³-hybridized carbons (Fsp3) is 0. The van der Waals surface area contributed by atoms with Gasteiger partial charge in [-0.1, -0.05) is 35.9 Å². The number of rotatable bonds is 2. The predicted molar refractivity (Wildman–Crippen MR) is 73.5 cm³/mol. The standard InChI is InChI=1S/C13H9BrClNO/c14-10-7-4-8-11(15)12(10)16-13(17)9-5-2-1-3-6-9/h1-8H,(H,16,17). The molecule has 0 aliphatic rings. The minimum absolute atomic E-state index is 0.181. The van der Waals surface area contributed by atoms with Gasteiger partial charge < -0.3 is 5.32 Å². The summed E-state index contributed by atoms with van der Waals surface area (Å²) in [5, 5.41) is 3.28. The van der Waals surface area contributed by atoms with E-state index in [2.05, 4.69) is 21.2 Å². The van der Waals surface area contributed by atoms with Gasteiger partial charge in [-0.05, 0) is 40.2 Å². The summed E-state index contributed by atoms with van der Waals surface area (Å²) < 4.78 is 0.759. The zero-order chi connectivity index (χ0) is 12.3. The fourth-order valence-electron chi connectivity index (χ4n) is 1.39. The van der Waals surface area contributed by atoms with Crippen molar-refractivity contribution in [2.75, 3.05) is 5.32 Å². The third-order valence-corrected chi connectivity index (χ3v) is 3.21. The molecule has 2 aromatic carbocycles. The molecule has 2 rings (SSSR count). The lowest BCUT2D eigenvalue weighted by atomic mass is 10.2. The molecule has 0 atom stereocenters. The second-order valence-electron chi connectivity index (χ2n) is 3.42. The molecule has 1 N–H and O–H groups in total. The van der Waals surface area contributed by atoms with Crippen LogP contribution in [0.2, 0.25) is 5.02 Å². The van der Waals surface area contributed by atoms with Crippen LogP contribution >= 0.6 is 27.5 Å². The van der Waals surface area contributed by atoms with Crippen LogP contribution in [0, 0.1) is 0 Å². The summed E-state index contributed by atoms with van der Waals surface area (Å²) in [6, 6.07) is 14.4. The van der Waals surface area contributed by atoms with Crippen LogP contribution in [0.4, 0.5) is 5.69 Å². The molecule has 4 heteroatoms. The monoisotopic (exact) mass is 309 g/mol. The minimum Gasteiger partial charge on any atom is -0.320 e. The lowest BCUT2D eigenvalue weighted by Gasteiger charge is -2.09. The van der Waals surface area contributed by atoms with Crippen LogP contribution in [0.1, 0.15) is 10.4 Å². The van der Waals surface area contributed by atoms with Gasteiger partial charge in [-0.15, -0.1) is 0 Å². The molecule has 0 radical (unpaired) electrons. The van der Waals surface area contributed by atoms with Crippen molar-refractivity contribution in [2.45, 2.75) is 0 Å². The Bertz CT molecular complexity index is 522. The molecule has 17 heavy (non-hydrogen) atoms. The number of halogens is 2. The van der Waals surface area contributed by atoms with Gasteiger partial charge in [0.2, 0.25) is 0 Å². The highest BCUT2D eigenvalue weighted by molar-refractivity contribution is 9.10. The number of hydrogen-bond donors (Lipinski definition) is 1. The maximum absolute atomic E-state index is 11.9. The normalized spacial score (nSPS) is 10.0. The van der Waals surface area contributed by atoms with E-state index < -0.39 is 0 Å². The summed E-state index contributed by atoms with van der Waals surface area (Å²) in [5.74, 6) is -0.181. The van der Waals surface area contributed by atoms with Gasteiger partial charge >= 0.3 is 0 Å². The Morgan fingerprint density at radius 3 is 2.41 bits per heavy atom. The van der Waals surface area contributed by atoms with Crippen LogP contribution < -0.4 is 5.32 Å². The number of hydrogen-bond acceptors (Lipinski definition) is 1. The van der Waals surface area contributed by atoms with Crippen molar-refractivity contribution in [1.82, 2.24) is 0 Å². The lowest BCUT2D eigenvalue weighted by molar-refractivity contribution is 0.102. The molecule has 0 bridgehead atoms. The van der Waals surface area contributed by atoms with Gasteiger partial charge in [0, 0.05) is 10.0 Å². The van der Waals surface area contributed by atoms with E-state index in [1.807, 2.05) is 30.3 Å². The number of para-hydroxylation sites is 1. The molecule has 0 heterocycles. The zero-order valence-electron chi connectivity index (χ0n) is 8.78. The molecular formula is C13H9BrClNO. The third kappa shape index (κ3) is 2.87. The molecule has 0 aliphatic heterocycles. The molecule has 1 amide bonds. The Kier molecular flexibility index (Phi) is 3.82. The first-order valence-corrected chi connectivity index (χ1v) is 6.16. The average Bonchev–Trinajstić information content (AvgIpc) is 2.35. The smallest absolute Gasteiger partial charge is 0.255 e. The molecule has 86 valence electrons. The Morgan fingerprint density at radius 2 is 1.76 bits per heavy atom. The Labute approximate surface area is 113 Å². The van der Waals surface area contributed by atoms with Gasteiger partial charge in [-0.3, -0.25) is 4.79 Å². The number of anilines is 1. The number of amides is 1. The van der Waals surface area contributed by atoms with Crippen molar-refractivity contribution in [3.8, 4) is 0 Å². The van der Waals surface area contributed by atoms with E-state index in [4.69, 9.17) is 11.6 Å². The summed E-state index contributed by atoms with van der Waals surface area (Å²) in [7, 11) is 0. The van der Waals surface area contributed by atoms with Gasteiger partial charge in [0.25, 0.3) is 5.91 Å². The van der Waals surface area contributed by atoms with Crippen LogP contribution in [0.3, 0.4) is 0 Å². The number of carbonyl (C=O) groups excluding carboxylic acids is 1.